The highest BCUT2D eigenvalue weighted by atomic mass is 32.2. The van der Waals surface area contributed by atoms with Crippen LogP contribution in [0.3, 0.4) is 0 Å². The van der Waals surface area contributed by atoms with E-state index in [4.69, 9.17) is 0 Å². The van der Waals surface area contributed by atoms with E-state index in [1.54, 1.807) is 11.3 Å². The Balaban J connectivity index is 1.94. The van der Waals surface area contributed by atoms with Crippen molar-refractivity contribution in [2.75, 3.05) is 0 Å². The molecule has 0 aliphatic carbocycles. The van der Waals surface area contributed by atoms with Gasteiger partial charge >= 0.3 is 0 Å². The van der Waals surface area contributed by atoms with Gasteiger partial charge in [0.05, 0.1) is 10.9 Å². The van der Waals surface area contributed by atoms with Gasteiger partial charge in [-0.15, -0.1) is 0 Å². The van der Waals surface area contributed by atoms with E-state index in [-0.39, 0.29) is 0 Å². The summed E-state index contributed by atoms with van der Waals surface area (Å²) in [7, 11) is 0. The van der Waals surface area contributed by atoms with Crippen LogP contribution in [0.5, 0.6) is 0 Å². The van der Waals surface area contributed by atoms with Gasteiger partial charge in [0.2, 0.25) is 5.52 Å². The minimum atomic E-state index is 0.881. The van der Waals surface area contributed by atoms with Crippen molar-refractivity contribution in [3.63, 3.8) is 0 Å². The fourth-order valence-electron chi connectivity index (χ4n) is 2.73. The molecule has 0 atom stereocenters. The van der Waals surface area contributed by atoms with Gasteiger partial charge in [0, 0.05) is 12.4 Å². The second kappa shape index (κ2) is 3.37. The first-order valence-corrected chi connectivity index (χ1v) is 7.69. The van der Waals surface area contributed by atoms with Crippen LogP contribution < -0.4 is 4.57 Å². The normalized spacial score (nSPS) is 13.1. The summed E-state index contributed by atoms with van der Waals surface area (Å²) >= 11 is 3.64. The van der Waals surface area contributed by atoms with Gasteiger partial charge in [-0.2, -0.15) is 4.57 Å². The van der Waals surface area contributed by atoms with Crippen LogP contribution in [0.2, 0.25) is 0 Å². The molecule has 0 unspecified atom stereocenters. The third-order valence-electron chi connectivity index (χ3n) is 3.54. The van der Waals surface area contributed by atoms with Gasteiger partial charge in [0.1, 0.15) is 10.5 Å². The predicted molar refractivity (Wildman–Crippen MR) is 77.5 cm³/mol. The fourth-order valence-corrected chi connectivity index (χ4v) is 5.30. The van der Waals surface area contributed by atoms with Gasteiger partial charge in [-0.05, 0) is 24.3 Å². The molecule has 0 spiro atoms. The molecule has 4 aromatic rings. The van der Waals surface area contributed by atoms with Crippen molar-refractivity contribution in [2.45, 2.75) is 6.54 Å². The van der Waals surface area contributed by atoms with E-state index in [0.717, 1.165) is 11.4 Å². The van der Waals surface area contributed by atoms with Gasteiger partial charge in [-0.1, -0.05) is 22.7 Å². The monoisotopic (exact) mass is 282 g/mol. The number of fused-ring (bicyclic) bond motifs is 7. The zero-order valence-corrected chi connectivity index (χ0v) is 11.5. The average molecular weight is 282 g/mol. The van der Waals surface area contributed by atoms with E-state index in [1.165, 1.54) is 31.2 Å². The van der Waals surface area contributed by atoms with Crippen LogP contribution in [0, 0.1) is 0 Å². The van der Waals surface area contributed by atoms with E-state index < -0.39 is 0 Å². The van der Waals surface area contributed by atoms with Crippen molar-refractivity contribution in [3.05, 3.63) is 42.4 Å². The largest absolute Gasteiger partial charge is 0.273 e. The lowest BCUT2D eigenvalue weighted by molar-refractivity contribution is -0.641. The molecule has 1 aliphatic heterocycles. The zero-order valence-electron chi connectivity index (χ0n) is 9.83. The SMILES string of the molecule is c1cnc2c(c1)-c1sc3sc4ncccc4c3[n+]1C2. The second-order valence-corrected chi connectivity index (χ2v) is 6.84. The van der Waals surface area contributed by atoms with Crippen molar-refractivity contribution < 1.29 is 4.57 Å². The number of nitrogens with zero attached hydrogens (tertiary/aromatic N) is 3. The zero-order chi connectivity index (χ0) is 12.4. The topological polar surface area (TPSA) is 29.7 Å². The van der Waals surface area contributed by atoms with E-state index in [9.17, 15) is 0 Å². The maximum atomic E-state index is 4.49. The Morgan fingerprint density at radius 3 is 2.95 bits per heavy atom. The van der Waals surface area contributed by atoms with Crippen LogP contribution in [0.1, 0.15) is 5.69 Å². The molecular weight excluding hydrogens is 274 g/mol. The van der Waals surface area contributed by atoms with Crippen molar-refractivity contribution in [1.82, 2.24) is 9.97 Å². The van der Waals surface area contributed by atoms with Crippen molar-refractivity contribution >= 4 is 42.4 Å². The third-order valence-corrected chi connectivity index (χ3v) is 5.95. The number of thiazole rings is 1. The summed E-state index contributed by atoms with van der Waals surface area (Å²) < 4.78 is 3.75. The van der Waals surface area contributed by atoms with Gasteiger partial charge in [-0.3, -0.25) is 4.98 Å². The molecule has 3 nitrogen and oxygen atoms in total. The molecule has 4 aromatic heterocycles. The molecule has 90 valence electrons. The Bertz CT molecular complexity index is 952. The first kappa shape index (κ1) is 10.00. The summed E-state index contributed by atoms with van der Waals surface area (Å²) in [5.41, 5.74) is 3.79. The van der Waals surface area contributed by atoms with E-state index in [1.807, 2.05) is 35.9 Å². The van der Waals surface area contributed by atoms with Gasteiger partial charge < -0.3 is 0 Å². The molecular formula is C14H8N3S2+. The molecule has 0 fully saturated rings. The van der Waals surface area contributed by atoms with Gasteiger partial charge in [0.25, 0.3) is 5.01 Å². The lowest BCUT2D eigenvalue weighted by Gasteiger charge is -1.88. The maximum absolute atomic E-state index is 4.49. The Kier molecular flexibility index (Phi) is 1.78. The number of aromatic nitrogens is 3. The Labute approximate surface area is 116 Å². The van der Waals surface area contributed by atoms with Crippen molar-refractivity contribution in [3.8, 4) is 10.6 Å². The summed E-state index contributed by atoms with van der Waals surface area (Å²) in [5, 5.41) is 2.59. The Morgan fingerprint density at radius 2 is 1.95 bits per heavy atom. The minimum Gasteiger partial charge on any atom is -0.254 e. The number of thiophene rings is 1. The smallest absolute Gasteiger partial charge is 0.254 e. The van der Waals surface area contributed by atoms with Crippen molar-refractivity contribution in [1.29, 1.82) is 0 Å². The highest BCUT2D eigenvalue weighted by molar-refractivity contribution is 7.42. The highest BCUT2D eigenvalue weighted by Crippen LogP contribution is 2.41. The van der Waals surface area contributed by atoms with Crippen LogP contribution in [0.15, 0.2) is 36.7 Å². The third kappa shape index (κ3) is 1.19. The second-order valence-electron chi connectivity index (χ2n) is 4.59. The molecule has 0 radical (unpaired) electrons. The highest BCUT2D eigenvalue weighted by Gasteiger charge is 2.34. The number of hydrogen-bond acceptors (Lipinski definition) is 4. The lowest BCUT2D eigenvalue weighted by atomic mass is 10.2. The summed E-state index contributed by atoms with van der Waals surface area (Å²) in [6.07, 6.45) is 3.74. The molecule has 0 N–H and O–H groups in total. The van der Waals surface area contributed by atoms with Gasteiger partial charge in [0.15, 0.2) is 10.6 Å². The molecule has 19 heavy (non-hydrogen) atoms. The van der Waals surface area contributed by atoms with Crippen LogP contribution in [0.25, 0.3) is 30.3 Å². The Hall–Kier alpha value is -1.85. The van der Waals surface area contributed by atoms with E-state index >= 15 is 0 Å². The molecule has 5 heterocycles. The quantitative estimate of drug-likeness (QED) is 0.408. The molecule has 0 amide bonds. The summed E-state index contributed by atoms with van der Waals surface area (Å²) in [4.78, 5) is 10.1. The summed E-state index contributed by atoms with van der Waals surface area (Å²) in [5.74, 6) is 0. The van der Waals surface area contributed by atoms with Crippen LogP contribution in [0.4, 0.5) is 0 Å². The number of hydrogen-bond donors (Lipinski definition) is 0. The fraction of sp³-hybridized carbons (Fsp3) is 0.0714. The summed E-state index contributed by atoms with van der Waals surface area (Å²) in [6.45, 7) is 0.881. The Morgan fingerprint density at radius 1 is 1.05 bits per heavy atom. The molecule has 0 bridgehead atoms. The molecule has 5 rings (SSSR count). The molecule has 0 aromatic carbocycles. The first-order chi connectivity index (χ1) is 9.42. The predicted octanol–water partition coefficient (Wildman–Crippen LogP) is 3.22. The van der Waals surface area contributed by atoms with Gasteiger partial charge in [-0.25, -0.2) is 4.98 Å². The first-order valence-electron chi connectivity index (χ1n) is 6.06. The number of pyridine rings is 2. The maximum Gasteiger partial charge on any atom is 0.273 e. The van der Waals surface area contributed by atoms with Crippen molar-refractivity contribution in [2.24, 2.45) is 0 Å². The number of rotatable bonds is 0. The molecule has 0 saturated heterocycles. The molecule has 0 saturated carbocycles. The van der Waals surface area contributed by atoms with E-state index in [2.05, 4.69) is 26.7 Å². The average Bonchev–Trinajstić information content (AvgIpc) is 3.05. The van der Waals surface area contributed by atoms with Crippen LogP contribution in [-0.2, 0) is 6.54 Å². The van der Waals surface area contributed by atoms with Crippen LogP contribution >= 0.6 is 22.7 Å². The molecule has 1 aliphatic rings. The van der Waals surface area contributed by atoms with Crippen LogP contribution in [-0.4, -0.2) is 9.97 Å². The lowest BCUT2D eigenvalue weighted by Crippen LogP contribution is -2.30. The van der Waals surface area contributed by atoms with E-state index in [0.29, 0.717) is 0 Å². The summed E-state index contributed by atoms with van der Waals surface area (Å²) in [6, 6.07) is 8.36. The standard InChI is InChI=1S/C14H8N3S2/c1-3-8-10(15-5-1)7-17-11-9-4-2-6-16-12(9)18-14(11)19-13(8)17/h1-6H,7H2/q+1. The molecule has 5 heteroatoms. The minimum absolute atomic E-state index is 0.881.